The molecule has 4 aromatic rings. The number of hydrogen-bond donors (Lipinski definition) is 1. The number of hydrogen-bond acceptors (Lipinski definition) is 5. The molecule has 0 amide bonds. The highest BCUT2D eigenvalue weighted by Gasteiger charge is 2.24. The number of aromatic nitrogens is 2. The summed E-state index contributed by atoms with van der Waals surface area (Å²) in [6, 6.07) is 15.8. The van der Waals surface area contributed by atoms with E-state index in [9.17, 15) is 9.50 Å². The van der Waals surface area contributed by atoms with Gasteiger partial charge in [0, 0.05) is 30.3 Å². The zero-order valence-corrected chi connectivity index (χ0v) is 17.8. The van der Waals surface area contributed by atoms with Crippen molar-refractivity contribution in [2.45, 2.75) is 38.2 Å². The number of fused-ring (bicyclic) bond motifs is 1. The fourth-order valence-electron chi connectivity index (χ4n) is 4.14. The first-order valence-corrected chi connectivity index (χ1v) is 11.4. The zero-order chi connectivity index (χ0) is 21.2. The van der Waals surface area contributed by atoms with E-state index in [1.165, 1.54) is 18.6 Å². The lowest BCUT2D eigenvalue weighted by Crippen LogP contribution is -2.26. The van der Waals surface area contributed by atoms with E-state index in [0.717, 1.165) is 57.9 Å². The molecule has 0 aliphatic heterocycles. The molecule has 2 heterocycles. The molecule has 0 radical (unpaired) electrons. The van der Waals surface area contributed by atoms with Gasteiger partial charge in [0.05, 0.1) is 27.0 Å². The maximum atomic E-state index is 13.2. The number of thiazole rings is 1. The van der Waals surface area contributed by atoms with Crippen molar-refractivity contribution in [3.63, 3.8) is 0 Å². The van der Waals surface area contributed by atoms with Crippen LogP contribution in [-0.2, 0) is 6.42 Å². The van der Waals surface area contributed by atoms with Crippen molar-refractivity contribution in [1.29, 1.82) is 0 Å². The molecule has 0 saturated heterocycles. The first-order chi connectivity index (χ1) is 15.1. The van der Waals surface area contributed by atoms with Crippen molar-refractivity contribution in [1.82, 2.24) is 9.97 Å². The van der Waals surface area contributed by atoms with Gasteiger partial charge in [-0.3, -0.25) is 4.98 Å². The van der Waals surface area contributed by atoms with Crippen LogP contribution in [0.15, 0.2) is 60.8 Å². The Morgan fingerprint density at radius 1 is 1.00 bits per heavy atom. The highest BCUT2D eigenvalue weighted by molar-refractivity contribution is 7.18. The molecule has 2 aromatic heterocycles. The zero-order valence-electron chi connectivity index (χ0n) is 17.0. The molecule has 31 heavy (non-hydrogen) atoms. The predicted octanol–water partition coefficient (Wildman–Crippen LogP) is 6.38. The van der Waals surface area contributed by atoms with Crippen LogP contribution in [0.3, 0.4) is 0 Å². The van der Waals surface area contributed by atoms with Crippen LogP contribution < -0.4 is 4.74 Å². The molecule has 5 rings (SSSR count). The van der Waals surface area contributed by atoms with Gasteiger partial charge in [0.25, 0.3) is 0 Å². The second-order valence-electron chi connectivity index (χ2n) is 8.04. The second-order valence-corrected chi connectivity index (χ2v) is 9.15. The van der Waals surface area contributed by atoms with E-state index in [1.54, 1.807) is 35.7 Å². The van der Waals surface area contributed by atoms with Crippen molar-refractivity contribution >= 4 is 21.6 Å². The average Bonchev–Trinajstić information content (AvgIpc) is 3.18. The van der Waals surface area contributed by atoms with Crippen LogP contribution in [0.1, 0.15) is 30.7 Å². The van der Waals surface area contributed by atoms with Crippen LogP contribution in [0.4, 0.5) is 4.39 Å². The first kappa shape index (κ1) is 20.1. The minimum absolute atomic E-state index is 0.207. The van der Waals surface area contributed by atoms with Crippen LogP contribution in [-0.4, -0.2) is 21.2 Å². The Hall–Kier alpha value is -2.83. The predicted molar refractivity (Wildman–Crippen MR) is 121 cm³/mol. The van der Waals surface area contributed by atoms with Crippen LogP contribution >= 0.6 is 11.3 Å². The molecular weight excluding hydrogens is 411 g/mol. The second kappa shape index (κ2) is 8.73. The molecule has 4 nitrogen and oxygen atoms in total. The van der Waals surface area contributed by atoms with E-state index < -0.39 is 0 Å². The van der Waals surface area contributed by atoms with Crippen molar-refractivity contribution in [2.24, 2.45) is 5.92 Å². The van der Waals surface area contributed by atoms with E-state index in [0.29, 0.717) is 11.7 Å². The van der Waals surface area contributed by atoms with Gasteiger partial charge < -0.3 is 9.84 Å². The lowest BCUT2D eigenvalue weighted by Gasteiger charge is -2.26. The topological polar surface area (TPSA) is 55.2 Å². The number of rotatable bonds is 5. The van der Waals surface area contributed by atoms with Crippen LogP contribution in [0.25, 0.3) is 21.5 Å². The minimum Gasteiger partial charge on any atom is -0.457 e. The molecule has 2 atom stereocenters. The smallest absolute Gasteiger partial charge is 0.131 e. The molecule has 0 unspecified atom stereocenters. The number of halogens is 1. The summed E-state index contributed by atoms with van der Waals surface area (Å²) < 4.78 is 20.3. The molecule has 1 N–H and O–H groups in total. The quantitative estimate of drug-likeness (QED) is 0.396. The molecule has 0 spiro atoms. The monoisotopic (exact) mass is 434 g/mol. The fraction of sp³-hybridized carbons (Fsp3) is 0.280. The number of nitrogens with zero attached hydrogens (tertiary/aromatic N) is 2. The Bertz CT molecular complexity index is 1190. The van der Waals surface area contributed by atoms with Crippen LogP contribution in [0, 0.1) is 11.7 Å². The SMILES string of the molecule is O[C@@H]1CCCC[C@H]1Cc1nc2ccc(Oc3ccnc(-c4ccc(F)cc4)c3)cc2s1. The number of aliphatic hydroxyl groups excluding tert-OH is 1. The summed E-state index contributed by atoms with van der Waals surface area (Å²) in [5.74, 6) is 1.44. The summed E-state index contributed by atoms with van der Waals surface area (Å²) in [6.07, 6.45) is 6.60. The largest absolute Gasteiger partial charge is 0.457 e. The summed E-state index contributed by atoms with van der Waals surface area (Å²) in [4.78, 5) is 9.13. The maximum Gasteiger partial charge on any atom is 0.131 e. The van der Waals surface area contributed by atoms with E-state index in [2.05, 4.69) is 4.98 Å². The summed E-state index contributed by atoms with van der Waals surface area (Å²) in [6.45, 7) is 0. The minimum atomic E-state index is -0.272. The molecule has 1 aliphatic rings. The highest BCUT2D eigenvalue weighted by Crippen LogP contribution is 2.33. The van der Waals surface area contributed by atoms with Gasteiger partial charge in [-0.1, -0.05) is 12.8 Å². The van der Waals surface area contributed by atoms with Gasteiger partial charge in [-0.25, -0.2) is 9.37 Å². The molecule has 6 heteroatoms. The van der Waals surface area contributed by atoms with Crippen molar-refractivity contribution in [3.8, 4) is 22.8 Å². The van der Waals surface area contributed by atoms with E-state index in [4.69, 9.17) is 9.72 Å². The van der Waals surface area contributed by atoms with Crippen LogP contribution in [0.5, 0.6) is 11.5 Å². The molecule has 1 aliphatic carbocycles. The van der Waals surface area contributed by atoms with Gasteiger partial charge in [0.15, 0.2) is 0 Å². The number of aliphatic hydroxyl groups is 1. The fourth-order valence-corrected chi connectivity index (χ4v) is 5.23. The van der Waals surface area contributed by atoms with Crippen molar-refractivity contribution in [2.75, 3.05) is 0 Å². The normalized spacial score (nSPS) is 18.9. The van der Waals surface area contributed by atoms with Gasteiger partial charge in [-0.05, 0) is 61.2 Å². The standard InChI is InChI=1S/C25H23FN2O2S/c26-18-7-5-16(6-8-18)22-14-20(11-12-27-22)30-19-9-10-21-24(15-19)31-25(28-21)13-17-3-1-2-4-23(17)29/h5-12,14-15,17,23,29H,1-4,13H2/t17-,23+/m0/s1. The van der Waals surface area contributed by atoms with Gasteiger partial charge in [0.2, 0.25) is 0 Å². The molecule has 0 bridgehead atoms. The lowest BCUT2D eigenvalue weighted by molar-refractivity contribution is 0.0700. The Balaban J connectivity index is 1.34. The Labute approximate surface area is 184 Å². The van der Waals surface area contributed by atoms with E-state index in [1.807, 2.05) is 24.3 Å². The molecule has 158 valence electrons. The lowest BCUT2D eigenvalue weighted by atomic mass is 9.84. The summed E-state index contributed by atoms with van der Waals surface area (Å²) in [5, 5.41) is 11.3. The Kier molecular flexibility index (Phi) is 5.66. The van der Waals surface area contributed by atoms with Crippen molar-refractivity contribution in [3.05, 3.63) is 71.6 Å². The van der Waals surface area contributed by atoms with Crippen molar-refractivity contribution < 1.29 is 14.2 Å². The summed E-state index contributed by atoms with van der Waals surface area (Å²) in [5.41, 5.74) is 2.52. The van der Waals surface area contributed by atoms with E-state index >= 15 is 0 Å². The number of benzene rings is 2. The summed E-state index contributed by atoms with van der Waals surface area (Å²) in [7, 11) is 0. The molecule has 1 fully saturated rings. The third-order valence-electron chi connectivity index (χ3n) is 5.82. The first-order valence-electron chi connectivity index (χ1n) is 10.6. The van der Waals surface area contributed by atoms with Gasteiger partial charge in [0.1, 0.15) is 17.3 Å². The third kappa shape index (κ3) is 4.60. The van der Waals surface area contributed by atoms with Crippen LogP contribution in [0.2, 0.25) is 0 Å². The Morgan fingerprint density at radius 3 is 2.65 bits per heavy atom. The number of pyridine rings is 1. The average molecular weight is 435 g/mol. The van der Waals surface area contributed by atoms with Gasteiger partial charge in [-0.2, -0.15) is 0 Å². The molecular formula is C25H23FN2O2S. The number of ether oxygens (including phenoxy) is 1. The molecule has 1 saturated carbocycles. The van der Waals surface area contributed by atoms with E-state index in [-0.39, 0.29) is 11.9 Å². The maximum absolute atomic E-state index is 13.2. The van der Waals surface area contributed by atoms with Gasteiger partial charge in [-0.15, -0.1) is 11.3 Å². The Morgan fingerprint density at radius 2 is 1.81 bits per heavy atom. The third-order valence-corrected chi connectivity index (χ3v) is 6.86. The summed E-state index contributed by atoms with van der Waals surface area (Å²) >= 11 is 1.67. The highest BCUT2D eigenvalue weighted by atomic mass is 32.1. The van der Waals surface area contributed by atoms with Gasteiger partial charge >= 0.3 is 0 Å². The molecule has 2 aromatic carbocycles.